The number of hydrogen-bond acceptors (Lipinski definition) is 2. The molecule has 0 radical (unpaired) electrons. The van der Waals surface area contributed by atoms with E-state index in [0.29, 0.717) is 6.04 Å². The lowest BCUT2D eigenvalue weighted by atomic mass is 9.96. The van der Waals surface area contributed by atoms with Crippen molar-refractivity contribution in [2.45, 2.75) is 51.7 Å². The monoisotopic (exact) mass is 315 g/mol. The van der Waals surface area contributed by atoms with Crippen LogP contribution < -0.4 is 10.6 Å². The highest BCUT2D eigenvalue weighted by Gasteiger charge is 2.24. The first-order valence-electron chi connectivity index (χ1n) is 8.96. The standard InChI is InChI=1S/C19H26FN3/c1-13-9-19-17(12-22-13)16-10-15(20)4-5-18(16)23(19)8-6-14-3-2-7-21-11-14/h4-5,10,13-14,21-22H,2-3,6-9,11-12H2,1H3. The molecule has 2 atom stereocenters. The first-order chi connectivity index (χ1) is 11.2. The van der Waals surface area contributed by atoms with Crippen LogP contribution in [0.3, 0.4) is 0 Å². The zero-order valence-electron chi connectivity index (χ0n) is 13.9. The number of aromatic nitrogens is 1. The summed E-state index contributed by atoms with van der Waals surface area (Å²) in [5.74, 6) is 0.643. The summed E-state index contributed by atoms with van der Waals surface area (Å²) in [7, 11) is 0. The van der Waals surface area contributed by atoms with Crippen molar-refractivity contribution in [2.24, 2.45) is 5.92 Å². The van der Waals surface area contributed by atoms with Gasteiger partial charge in [0.1, 0.15) is 5.82 Å². The lowest BCUT2D eigenvalue weighted by Gasteiger charge is -2.25. The molecule has 4 rings (SSSR count). The molecule has 0 bridgehead atoms. The molecule has 1 aromatic carbocycles. The Hall–Kier alpha value is -1.39. The summed E-state index contributed by atoms with van der Waals surface area (Å²) >= 11 is 0. The van der Waals surface area contributed by atoms with Gasteiger partial charge < -0.3 is 15.2 Å². The van der Waals surface area contributed by atoms with Crippen LogP contribution in [0.2, 0.25) is 0 Å². The maximum absolute atomic E-state index is 13.7. The molecule has 1 fully saturated rings. The molecule has 2 N–H and O–H groups in total. The molecule has 2 aliphatic heterocycles. The number of halogens is 1. The lowest BCUT2D eigenvalue weighted by molar-refractivity contribution is 0.340. The number of piperidine rings is 1. The fraction of sp³-hybridized carbons (Fsp3) is 0.579. The Balaban J connectivity index is 1.68. The van der Waals surface area contributed by atoms with Gasteiger partial charge in [-0.2, -0.15) is 0 Å². The highest BCUT2D eigenvalue weighted by atomic mass is 19.1. The van der Waals surface area contributed by atoms with E-state index < -0.39 is 0 Å². The fourth-order valence-corrected chi connectivity index (χ4v) is 4.26. The van der Waals surface area contributed by atoms with Gasteiger partial charge >= 0.3 is 0 Å². The molecular formula is C19H26FN3. The lowest BCUT2D eigenvalue weighted by Crippen LogP contribution is -2.34. The van der Waals surface area contributed by atoms with E-state index in [0.717, 1.165) is 37.4 Å². The molecule has 23 heavy (non-hydrogen) atoms. The average molecular weight is 315 g/mol. The number of nitrogens with zero attached hydrogens (tertiary/aromatic N) is 1. The molecule has 0 amide bonds. The Labute approximate surface area is 137 Å². The van der Waals surface area contributed by atoms with Gasteiger partial charge in [0.25, 0.3) is 0 Å². The smallest absolute Gasteiger partial charge is 0.123 e. The van der Waals surface area contributed by atoms with Crippen molar-refractivity contribution in [3.05, 3.63) is 35.3 Å². The van der Waals surface area contributed by atoms with Crippen LogP contribution in [0.5, 0.6) is 0 Å². The second kappa shape index (κ2) is 6.25. The van der Waals surface area contributed by atoms with Crippen molar-refractivity contribution in [3.8, 4) is 0 Å². The Kier molecular flexibility index (Phi) is 4.12. The zero-order chi connectivity index (χ0) is 15.8. The SMILES string of the molecule is CC1Cc2c(c3cc(F)ccc3n2CCC2CCCNC2)CN1. The van der Waals surface area contributed by atoms with Gasteiger partial charge in [-0.25, -0.2) is 4.39 Å². The van der Waals surface area contributed by atoms with Crippen LogP contribution >= 0.6 is 0 Å². The van der Waals surface area contributed by atoms with Crippen LogP contribution in [0, 0.1) is 11.7 Å². The van der Waals surface area contributed by atoms with E-state index in [-0.39, 0.29) is 5.82 Å². The maximum atomic E-state index is 13.7. The number of rotatable bonds is 3. The molecule has 0 spiro atoms. The summed E-state index contributed by atoms with van der Waals surface area (Å²) in [5, 5.41) is 8.13. The molecule has 1 aromatic heterocycles. The van der Waals surface area contributed by atoms with Gasteiger partial charge in [0.15, 0.2) is 0 Å². The topological polar surface area (TPSA) is 29.0 Å². The number of nitrogens with one attached hydrogen (secondary N) is 2. The zero-order valence-corrected chi connectivity index (χ0v) is 13.9. The summed E-state index contributed by atoms with van der Waals surface area (Å²) in [6.45, 7) is 6.45. The van der Waals surface area contributed by atoms with Crippen molar-refractivity contribution in [2.75, 3.05) is 13.1 Å². The number of hydrogen-bond donors (Lipinski definition) is 2. The van der Waals surface area contributed by atoms with E-state index in [4.69, 9.17) is 0 Å². The van der Waals surface area contributed by atoms with Crippen LogP contribution in [-0.4, -0.2) is 23.7 Å². The molecule has 2 aromatic rings. The summed E-state index contributed by atoms with van der Waals surface area (Å²) in [6, 6.07) is 5.77. The second-order valence-corrected chi connectivity index (χ2v) is 7.23. The Bertz CT molecular complexity index is 700. The quantitative estimate of drug-likeness (QED) is 0.911. The third kappa shape index (κ3) is 2.90. The summed E-state index contributed by atoms with van der Waals surface area (Å²) < 4.78 is 16.2. The van der Waals surface area contributed by atoms with Crippen molar-refractivity contribution in [1.82, 2.24) is 15.2 Å². The van der Waals surface area contributed by atoms with Crippen LogP contribution in [0.15, 0.2) is 18.2 Å². The highest BCUT2D eigenvalue weighted by Crippen LogP contribution is 2.31. The van der Waals surface area contributed by atoms with Gasteiger partial charge in [0, 0.05) is 42.1 Å². The van der Waals surface area contributed by atoms with Gasteiger partial charge in [-0.1, -0.05) is 0 Å². The average Bonchev–Trinajstić information content (AvgIpc) is 2.86. The summed E-state index contributed by atoms with van der Waals surface area (Å²) in [5.41, 5.74) is 3.93. The van der Waals surface area contributed by atoms with Gasteiger partial charge in [-0.3, -0.25) is 0 Å². The molecule has 3 nitrogen and oxygen atoms in total. The van der Waals surface area contributed by atoms with Gasteiger partial charge in [0.05, 0.1) is 0 Å². The predicted molar refractivity (Wildman–Crippen MR) is 92.1 cm³/mol. The van der Waals surface area contributed by atoms with Crippen LogP contribution in [-0.2, 0) is 19.5 Å². The minimum absolute atomic E-state index is 0.132. The van der Waals surface area contributed by atoms with Crippen LogP contribution in [0.25, 0.3) is 10.9 Å². The Morgan fingerprint density at radius 2 is 2.26 bits per heavy atom. The molecule has 2 aliphatic rings. The molecule has 0 saturated carbocycles. The Morgan fingerprint density at radius 3 is 3.09 bits per heavy atom. The third-order valence-corrected chi connectivity index (χ3v) is 5.54. The van der Waals surface area contributed by atoms with E-state index in [9.17, 15) is 4.39 Å². The second-order valence-electron chi connectivity index (χ2n) is 7.23. The highest BCUT2D eigenvalue weighted by molar-refractivity contribution is 5.86. The molecular weight excluding hydrogens is 289 g/mol. The van der Waals surface area contributed by atoms with E-state index in [2.05, 4.69) is 22.1 Å². The summed E-state index contributed by atoms with van der Waals surface area (Å²) in [4.78, 5) is 0. The summed E-state index contributed by atoms with van der Waals surface area (Å²) in [6.07, 6.45) is 4.87. The van der Waals surface area contributed by atoms with E-state index in [1.54, 1.807) is 12.1 Å². The normalized spacial score (nSPS) is 24.8. The first-order valence-corrected chi connectivity index (χ1v) is 8.96. The minimum Gasteiger partial charge on any atom is -0.344 e. The van der Waals surface area contributed by atoms with Gasteiger partial charge in [0.2, 0.25) is 0 Å². The number of benzene rings is 1. The largest absolute Gasteiger partial charge is 0.344 e. The molecule has 3 heterocycles. The number of aryl methyl sites for hydroxylation is 1. The molecule has 2 unspecified atom stereocenters. The van der Waals surface area contributed by atoms with Crippen LogP contribution in [0.4, 0.5) is 4.39 Å². The van der Waals surface area contributed by atoms with Gasteiger partial charge in [-0.15, -0.1) is 0 Å². The van der Waals surface area contributed by atoms with E-state index >= 15 is 0 Å². The molecule has 1 saturated heterocycles. The fourth-order valence-electron chi connectivity index (χ4n) is 4.26. The van der Waals surface area contributed by atoms with Crippen LogP contribution in [0.1, 0.15) is 37.4 Å². The van der Waals surface area contributed by atoms with Crippen molar-refractivity contribution >= 4 is 10.9 Å². The van der Waals surface area contributed by atoms with Crippen molar-refractivity contribution in [3.63, 3.8) is 0 Å². The molecule has 0 aliphatic carbocycles. The Morgan fingerprint density at radius 1 is 1.35 bits per heavy atom. The third-order valence-electron chi connectivity index (χ3n) is 5.54. The number of fused-ring (bicyclic) bond motifs is 3. The minimum atomic E-state index is -0.132. The first kappa shape index (κ1) is 15.2. The van der Waals surface area contributed by atoms with E-state index in [1.165, 1.54) is 42.6 Å². The van der Waals surface area contributed by atoms with Crippen molar-refractivity contribution in [1.29, 1.82) is 0 Å². The molecule has 4 heteroatoms. The molecule has 124 valence electrons. The van der Waals surface area contributed by atoms with Crippen molar-refractivity contribution < 1.29 is 4.39 Å². The van der Waals surface area contributed by atoms with E-state index in [1.807, 2.05) is 6.07 Å². The maximum Gasteiger partial charge on any atom is 0.123 e. The predicted octanol–water partition coefficient (Wildman–Crippen LogP) is 3.20. The van der Waals surface area contributed by atoms with Gasteiger partial charge in [-0.05, 0) is 69.0 Å².